The zero-order valence-corrected chi connectivity index (χ0v) is 15.3. The molecule has 0 aliphatic carbocycles. The molecule has 1 saturated heterocycles. The number of nitrogens with zero attached hydrogens (tertiary/aromatic N) is 5. The number of hydrogen-bond donors (Lipinski definition) is 1. The summed E-state index contributed by atoms with van der Waals surface area (Å²) in [6, 6.07) is 4.42. The number of likely N-dealkylation sites (tertiary alicyclic amines) is 1. The number of aromatic nitrogens is 4. The Morgan fingerprint density at radius 2 is 2.24 bits per heavy atom. The van der Waals surface area contributed by atoms with Gasteiger partial charge < -0.3 is 9.88 Å². The maximum absolute atomic E-state index is 4.82. The molecule has 4 heterocycles. The van der Waals surface area contributed by atoms with Crippen molar-refractivity contribution in [3.05, 3.63) is 53.2 Å². The fourth-order valence-corrected chi connectivity index (χ4v) is 4.01. The fraction of sp³-hybridized carbons (Fsp3) is 0.389. The van der Waals surface area contributed by atoms with Crippen LogP contribution in [0, 0.1) is 6.92 Å². The van der Waals surface area contributed by atoms with Crippen LogP contribution in [-0.2, 0) is 13.6 Å². The second-order valence-corrected chi connectivity index (χ2v) is 7.41. The van der Waals surface area contributed by atoms with E-state index in [0.29, 0.717) is 6.04 Å². The Morgan fingerprint density at radius 3 is 3.00 bits per heavy atom. The first-order valence-corrected chi connectivity index (χ1v) is 9.41. The lowest BCUT2D eigenvalue weighted by atomic mass is 10.1. The highest BCUT2D eigenvalue weighted by Gasteiger charge is 2.28. The van der Waals surface area contributed by atoms with Crippen LogP contribution in [-0.4, -0.2) is 31.0 Å². The van der Waals surface area contributed by atoms with Crippen LogP contribution in [0.5, 0.6) is 0 Å². The van der Waals surface area contributed by atoms with Gasteiger partial charge in [0.1, 0.15) is 5.82 Å². The Hall–Kier alpha value is -2.25. The van der Waals surface area contributed by atoms with E-state index in [1.54, 1.807) is 11.3 Å². The molecule has 0 radical (unpaired) electrons. The lowest BCUT2D eigenvalue weighted by Gasteiger charge is -2.23. The van der Waals surface area contributed by atoms with Gasteiger partial charge in [-0.1, -0.05) is 6.07 Å². The Morgan fingerprint density at radius 1 is 1.32 bits per heavy atom. The third kappa shape index (κ3) is 3.57. The minimum absolute atomic E-state index is 0.382. The minimum Gasteiger partial charge on any atom is -0.337 e. The van der Waals surface area contributed by atoms with Crippen LogP contribution in [0.3, 0.4) is 0 Å². The predicted molar refractivity (Wildman–Crippen MR) is 100.0 cm³/mol. The summed E-state index contributed by atoms with van der Waals surface area (Å²) in [4.78, 5) is 15.9. The monoisotopic (exact) mass is 354 g/mol. The molecule has 0 amide bonds. The SMILES string of the molecule is Cc1ccc(Nc2nc([C@H]3CCCN3Cc3cncn3C)cs2)nc1. The highest BCUT2D eigenvalue weighted by Crippen LogP contribution is 2.35. The van der Waals surface area contributed by atoms with E-state index in [1.165, 1.54) is 12.1 Å². The van der Waals surface area contributed by atoms with Crippen LogP contribution >= 0.6 is 11.3 Å². The van der Waals surface area contributed by atoms with Crippen LogP contribution in [0.2, 0.25) is 0 Å². The standard InChI is InChI=1S/C18H22N6S/c1-13-5-6-17(20-8-13)22-18-21-15(11-25-18)16-4-3-7-24(16)10-14-9-19-12-23(14)2/h5-6,8-9,11-12,16H,3-4,7,10H2,1-2H3,(H,20,21,22)/t16-/m1/s1. The number of anilines is 2. The Balaban J connectivity index is 1.47. The van der Waals surface area contributed by atoms with E-state index in [1.807, 2.05) is 38.8 Å². The van der Waals surface area contributed by atoms with Gasteiger partial charge in [-0.25, -0.2) is 15.0 Å². The molecule has 0 bridgehead atoms. The average molecular weight is 354 g/mol. The molecule has 0 aromatic carbocycles. The van der Waals surface area contributed by atoms with E-state index in [2.05, 4.69) is 36.2 Å². The van der Waals surface area contributed by atoms with Crippen molar-refractivity contribution in [2.75, 3.05) is 11.9 Å². The van der Waals surface area contributed by atoms with Crippen LogP contribution < -0.4 is 5.32 Å². The number of nitrogens with one attached hydrogen (secondary N) is 1. The van der Waals surface area contributed by atoms with Crippen molar-refractivity contribution >= 4 is 22.3 Å². The summed E-state index contributed by atoms with van der Waals surface area (Å²) in [7, 11) is 2.05. The number of imidazole rings is 1. The van der Waals surface area contributed by atoms with E-state index >= 15 is 0 Å². The molecule has 6 nitrogen and oxygen atoms in total. The van der Waals surface area contributed by atoms with E-state index in [-0.39, 0.29) is 0 Å². The lowest BCUT2D eigenvalue weighted by Crippen LogP contribution is -2.24. The van der Waals surface area contributed by atoms with Gasteiger partial charge in [0.25, 0.3) is 0 Å². The van der Waals surface area contributed by atoms with Gasteiger partial charge in [-0.05, 0) is 37.9 Å². The number of rotatable bonds is 5. The molecular weight excluding hydrogens is 332 g/mol. The molecule has 3 aromatic heterocycles. The summed E-state index contributed by atoms with van der Waals surface area (Å²) in [6.07, 6.45) is 8.04. The van der Waals surface area contributed by atoms with E-state index in [0.717, 1.165) is 41.7 Å². The number of thiazole rings is 1. The first-order valence-electron chi connectivity index (χ1n) is 8.53. The third-order valence-corrected chi connectivity index (χ3v) is 5.43. The molecule has 1 fully saturated rings. The van der Waals surface area contributed by atoms with Crippen LogP contribution in [0.1, 0.15) is 35.8 Å². The van der Waals surface area contributed by atoms with Crippen molar-refractivity contribution in [1.29, 1.82) is 0 Å². The van der Waals surface area contributed by atoms with Gasteiger partial charge in [0.2, 0.25) is 0 Å². The Labute approximate surface area is 151 Å². The average Bonchev–Trinajstić information content (AvgIpc) is 3.33. The largest absolute Gasteiger partial charge is 0.337 e. The van der Waals surface area contributed by atoms with Gasteiger partial charge in [-0.15, -0.1) is 11.3 Å². The summed E-state index contributed by atoms with van der Waals surface area (Å²) >= 11 is 1.64. The van der Waals surface area contributed by atoms with Crippen molar-refractivity contribution in [1.82, 2.24) is 24.4 Å². The lowest BCUT2D eigenvalue weighted by molar-refractivity contribution is 0.240. The summed E-state index contributed by atoms with van der Waals surface area (Å²) in [5, 5.41) is 6.38. The van der Waals surface area contributed by atoms with Crippen LogP contribution in [0.4, 0.5) is 10.9 Å². The quantitative estimate of drug-likeness (QED) is 0.758. The normalized spacial score (nSPS) is 17.9. The van der Waals surface area contributed by atoms with Crippen molar-refractivity contribution in [3.8, 4) is 0 Å². The molecular formula is C18H22N6S. The molecule has 0 unspecified atom stereocenters. The van der Waals surface area contributed by atoms with Crippen molar-refractivity contribution < 1.29 is 0 Å². The fourth-order valence-electron chi connectivity index (χ4n) is 3.24. The highest BCUT2D eigenvalue weighted by molar-refractivity contribution is 7.13. The molecule has 25 heavy (non-hydrogen) atoms. The summed E-state index contributed by atoms with van der Waals surface area (Å²) in [5.41, 5.74) is 3.55. The molecule has 0 saturated carbocycles. The molecule has 1 aliphatic rings. The molecule has 1 atom stereocenters. The number of pyridine rings is 1. The van der Waals surface area contributed by atoms with Crippen LogP contribution in [0.15, 0.2) is 36.2 Å². The maximum atomic E-state index is 4.82. The van der Waals surface area contributed by atoms with Gasteiger partial charge >= 0.3 is 0 Å². The Bertz CT molecular complexity index is 837. The first kappa shape index (κ1) is 16.2. The smallest absolute Gasteiger partial charge is 0.188 e. The second kappa shape index (κ2) is 6.93. The molecule has 130 valence electrons. The summed E-state index contributed by atoms with van der Waals surface area (Å²) in [5.74, 6) is 0.838. The molecule has 7 heteroatoms. The van der Waals surface area contributed by atoms with E-state index in [9.17, 15) is 0 Å². The highest BCUT2D eigenvalue weighted by atomic mass is 32.1. The summed E-state index contributed by atoms with van der Waals surface area (Å²) in [6.45, 7) is 4.06. The second-order valence-electron chi connectivity index (χ2n) is 6.55. The van der Waals surface area contributed by atoms with Gasteiger partial charge in [-0.3, -0.25) is 4.90 Å². The van der Waals surface area contributed by atoms with E-state index in [4.69, 9.17) is 4.98 Å². The topological polar surface area (TPSA) is 58.9 Å². The van der Waals surface area contributed by atoms with E-state index < -0.39 is 0 Å². The molecule has 3 aromatic rings. The molecule has 4 rings (SSSR count). The van der Waals surface area contributed by atoms with Crippen molar-refractivity contribution in [2.24, 2.45) is 7.05 Å². The maximum Gasteiger partial charge on any atom is 0.188 e. The first-order chi connectivity index (χ1) is 12.2. The number of hydrogen-bond acceptors (Lipinski definition) is 6. The molecule has 1 aliphatic heterocycles. The van der Waals surface area contributed by atoms with Gasteiger partial charge in [0, 0.05) is 31.4 Å². The zero-order valence-electron chi connectivity index (χ0n) is 14.5. The summed E-state index contributed by atoms with van der Waals surface area (Å²) < 4.78 is 2.09. The van der Waals surface area contributed by atoms with Crippen molar-refractivity contribution in [3.63, 3.8) is 0 Å². The van der Waals surface area contributed by atoms with Crippen molar-refractivity contribution in [2.45, 2.75) is 32.4 Å². The molecule has 0 spiro atoms. The number of aryl methyl sites for hydroxylation is 2. The Kier molecular flexibility index (Phi) is 4.50. The minimum atomic E-state index is 0.382. The van der Waals surface area contributed by atoms with Crippen LogP contribution in [0.25, 0.3) is 0 Å². The molecule has 1 N–H and O–H groups in total. The predicted octanol–water partition coefficient (Wildman–Crippen LogP) is 3.66. The third-order valence-electron chi connectivity index (χ3n) is 4.65. The van der Waals surface area contributed by atoms with Gasteiger partial charge in [-0.2, -0.15) is 0 Å². The van der Waals surface area contributed by atoms with Gasteiger partial charge in [0.15, 0.2) is 5.13 Å². The zero-order chi connectivity index (χ0) is 17.2. The van der Waals surface area contributed by atoms with Gasteiger partial charge in [0.05, 0.1) is 23.8 Å².